The monoisotopic (exact) mass is 475 g/mol. The maximum Gasteiger partial charge on any atom is 0.389 e. The third-order valence-electron chi connectivity index (χ3n) is 4.67. The first-order chi connectivity index (χ1) is 15.7. The second-order valence-electron chi connectivity index (χ2n) is 7.06. The smallest absolute Gasteiger partial charge is 0.389 e. The van der Waals surface area contributed by atoms with E-state index in [0.717, 1.165) is 27.2 Å². The number of fused-ring (bicyclic) bond motifs is 1. The fourth-order valence-electron chi connectivity index (χ4n) is 3.04. The Morgan fingerprint density at radius 1 is 1.09 bits per heavy atom. The number of primary amides is 1. The van der Waals surface area contributed by atoms with Gasteiger partial charge in [0, 0.05) is 6.42 Å². The van der Waals surface area contributed by atoms with Gasteiger partial charge in [0.15, 0.2) is 5.01 Å². The van der Waals surface area contributed by atoms with Gasteiger partial charge in [0.25, 0.3) is 11.7 Å². The van der Waals surface area contributed by atoms with Crippen LogP contribution in [0, 0.1) is 0 Å². The molecule has 1 atom stereocenters. The predicted octanol–water partition coefficient (Wildman–Crippen LogP) is 4.19. The van der Waals surface area contributed by atoms with E-state index >= 15 is 0 Å². The van der Waals surface area contributed by atoms with Gasteiger partial charge in [-0.15, -0.1) is 16.4 Å². The minimum atomic E-state index is -4.46. The molecule has 4 rings (SSSR count). The number of nitrogens with one attached hydrogen (secondary N) is 1. The lowest BCUT2D eigenvalue weighted by Gasteiger charge is -2.14. The molecule has 0 bridgehead atoms. The summed E-state index contributed by atoms with van der Waals surface area (Å²) in [5.74, 6) is -2.09. The van der Waals surface area contributed by atoms with Crippen LogP contribution in [0.2, 0.25) is 0 Å². The molecule has 0 fully saturated rings. The molecule has 8 nitrogen and oxygen atoms in total. The molecule has 4 aromatic rings. The highest BCUT2D eigenvalue weighted by Crippen LogP contribution is 2.29. The molecule has 1 amide bonds. The van der Waals surface area contributed by atoms with Crippen LogP contribution in [0.5, 0.6) is 0 Å². The number of hydrogen-bond donors (Lipinski definition) is 2. The van der Waals surface area contributed by atoms with Gasteiger partial charge in [-0.3, -0.25) is 9.59 Å². The minimum Gasteiger partial charge on any atom is -0.400 e. The summed E-state index contributed by atoms with van der Waals surface area (Å²) in [4.78, 5) is 28.5. The van der Waals surface area contributed by atoms with Crippen LogP contribution in [0.3, 0.4) is 0 Å². The van der Waals surface area contributed by atoms with E-state index in [4.69, 9.17) is 10.2 Å². The van der Waals surface area contributed by atoms with Crippen molar-refractivity contribution in [2.45, 2.75) is 25.1 Å². The standard InChI is InChI=1S/C21H16F3N5O3S/c22-21(23,24)9-8-14(17(25)31)27-20-29-28-18(32-20)16(30)19-26-13-7-6-12(10-15(13)33-19)11-4-2-1-3-5-11/h1-7,10,14H,8-9H2,(H2,25,31)(H,27,29)/t14-/m1/s1. The van der Waals surface area contributed by atoms with Crippen molar-refractivity contribution in [3.8, 4) is 11.1 Å². The lowest BCUT2D eigenvalue weighted by molar-refractivity contribution is -0.137. The SMILES string of the molecule is NC(=O)[C@@H](CCC(F)(F)F)Nc1nnc(C(=O)c2nc3ccc(-c4ccccc4)cc3s2)o1. The molecule has 0 radical (unpaired) electrons. The molecular weight excluding hydrogens is 459 g/mol. The highest BCUT2D eigenvalue weighted by Gasteiger charge is 2.31. The van der Waals surface area contributed by atoms with Crippen molar-refractivity contribution in [1.82, 2.24) is 15.2 Å². The van der Waals surface area contributed by atoms with Crippen LogP contribution in [-0.4, -0.2) is 39.1 Å². The van der Waals surface area contributed by atoms with E-state index < -0.39 is 48.7 Å². The van der Waals surface area contributed by atoms with E-state index in [-0.39, 0.29) is 5.01 Å². The zero-order valence-corrected chi connectivity index (χ0v) is 17.6. The van der Waals surface area contributed by atoms with E-state index in [2.05, 4.69) is 20.5 Å². The third-order valence-corrected chi connectivity index (χ3v) is 5.68. The van der Waals surface area contributed by atoms with Crippen molar-refractivity contribution in [3.05, 3.63) is 59.4 Å². The van der Waals surface area contributed by atoms with Crippen LogP contribution in [0.1, 0.15) is 28.5 Å². The maximum atomic E-state index is 12.7. The number of carbonyl (C=O) groups is 2. The van der Waals surface area contributed by atoms with Crippen LogP contribution in [0.4, 0.5) is 19.2 Å². The molecule has 2 aromatic carbocycles. The molecule has 0 saturated heterocycles. The number of hydrogen-bond acceptors (Lipinski definition) is 8. The summed E-state index contributed by atoms with van der Waals surface area (Å²) in [6, 6.07) is 13.5. The molecule has 0 saturated carbocycles. The van der Waals surface area contributed by atoms with Gasteiger partial charge in [-0.05, 0) is 29.7 Å². The molecule has 170 valence electrons. The fraction of sp³-hybridized carbons (Fsp3) is 0.190. The van der Waals surface area contributed by atoms with Crippen LogP contribution in [0.15, 0.2) is 52.9 Å². The van der Waals surface area contributed by atoms with Crippen molar-refractivity contribution >= 4 is 39.3 Å². The van der Waals surface area contributed by atoms with Crippen molar-refractivity contribution in [2.75, 3.05) is 5.32 Å². The molecular formula is C21H16F3N5O3S. The molecule has 0 unspecified atom stereocenters. The summed E-state index contributed by atoms with van der Waals surface area (Å²) in [5.41, 5.74) is 7.73. The largest absolute Gasteiger partial charge is 0.400 e. The normalized spacial score (nSPS) is 12.6. The van der Waals surface area contributed by atoms with Gasteiger partial charge < -0.3 is 15.5 Å². The van der Waals surface area contributed by atoms with Crippen molar-refractivity contribution in [2.24, 2.45) is 5.73 Å². The second kappa shape index (κ2) is 8.98. The lowest BCUT2D eigenvalue weighted by atomic mass is 10.1. The second-order valence-corrected chi connectivity index (χ2v) is 8.09. The Morgan fingerprint density at radius 2 is 1.85 bits per heavy atom. The molecule has 12 heteroatoms. The Balaban J connectivity index is 1.51. The average Bonchev–Trinajstić information content (AvgIpc) is 3.42. The predicted molar refractivity (Wildman–Crippen MR) is 115 cm³/mol. The van der Waals surface area contributed by atoms with Crippen LogP contribution in [0.25, 0.3) is 21.3 Å². The number of ketones is 1. The molecule has 0 spiro atoms. The first-order valence-corrected chi connectivity index (χ1v) is 10.5. The summed E-state index contributed by atoms with van der Waals surface area (Å²) in [7, 11) is 0. The van der Waals surface area contributed by atoms with Gasteiger partial charge in [-0.25, -0.2) is 4.98 Å². The molecule has 3 N–H and O–H groups in total. The highest BCUT2D eigenvalue weighted by atomic mass is 32.1. The zero-order valence-electron chi connectivity index (χ0n) is 16.8. The Kier molecular flexibility index (Phi) is 6.09. The molecule has 33 heavy (non-hydrogen) atoms. The number of anilines is 1. The van der Waals surface area contributed by atoms with E-state index in [1.54, 1.807) is 6.07 Å². The Bertz CT molecular complexity index is 1300. The summed E-state index contributed by atoms with van der Waals surface area (Å²) in [5, 5.41) is 9.64. The first-order valence-electron chi connectivity index (χ1n) is 9.66. The summed E-state index contributed by atoms with van der Waals surface area (Å²) < 4.78 is 43.3. The third kappa shape index (κ3) is 5.34. The van der Waals surface area contributed by atoms with Crippen molar-refractivity contribution in [1.29, 1.82) is 0 Å². The number of rotatable bonds is 8. The number of nitrogens with two attached hydrogens (primary N) is 1. The Morgan fingerprint density at radius 3 is 2.55 bits per heavy atom. The summed E-state index contributed by atoms with van der Waals surface area (Å²) in [6.07, 6.45) is -6.31. The Labute approximate surface area is 188 Å². The zero-order chi connectivity index (χ0) is 23.6. The topological polar surface area (TPSA) is 124 Å². The number of thiazole rings is 1. The fourth-order valence-corrected chi connectivity index (χ4v) is 3.98. The molecule has 2 aromatic heterocycles. The average molecular weight is 475 g/mol. The Hall–Kier alpha value is -3.80. The number of halogens is 3. The molecule has 0 aliphatic carbocycles. The van der Waals surface area contributed by atoms with Gasteiger partial charge in [0.05, 0.1) is 10.2 Å². The number of aromatic nitrogens is 3. The van der Waals surface area contributed by atoms with Crippen LogP contribution >= 0.6 is 11.3 Å². The summed E-state index contributed by atoms with van der Waals surface area (Å²) >= 11 is 1.14. The number of carbonyl (C=O) groups excluding carboxylic acids is 2. The van der Waals surface area contributed by atoms with Crippen LogP contribution < -0.4 is 11.1 Å². The van der Waals surface area contributed by atoms with Gasteiger partial charge in [-0.1, -0.05) is 41.5 Å². The highest BCUT2D eigenvalue weighted by molar-refractivity contribution is 7.20. The molecule has 0 aliphatic heterocycles. The van der Waals surface area contributed by atoms with E-state index in [1.807, 2.05) is 42.5 Å². The van der Waals surface area contributed by atoms with Crippen LogP contribution in [-0.2, 0) is 4.79 Å². The van der Waals surface area contributed by atoms with Gasteiger partial charge in [-0.2, -0.15) is 13.2 Å². The molecule has 0 aliphatic rings. The number of amides is 1. The quantitative estimate of drug-likeness (QED) is 0.366. The number of alkyl halides is 3. The lowest BCUT2D eigenvalue weighted by Crippen LogP contribution is -2.36. The van der Waals surface area contributed by atoms with Gasteiger partial charge in [0.2, 0.25) is 5.91 Å². The van der Waals surface area contributed by atoms with Crippen molar-refractivity contribution < 1.29 is 27.2 Å². The van der Waals surface area contributed by atoms with Gasteiger partial charge >= 0.3 is 12.2 Å². The first kappa shape index (κ1) is 22.4. The van der Waals surface area contributed by atoms with E-state index in [0.29, 0.717) is 5.52 Å². The molecule has 2 heterocycles. The summed E-state index contributed by atoms with van der Waals surface area (Å²) in [6.45, 7) is 0. The maximum absolute atomic E-state index is 12.7. The number of benzene rings is 2. The van der Waals surface area contributed by atoms with Crippen molar-refractivity contribution in [3.63, 3.8) is 0 Å². The van der Waals surface area contributed by atoms with E-state index in [9.17, 15) is 22.8 Å². The number of nitrogens with zero attached hydrogens (tertiary/aromatic N) is 3. The van der Waals surface area contributed by atoms with Gasteiger partial charge in [0.1, 0.15) is 6.04 Å². The van der Waals surface area contributed by atoms with E-state index in [1.165, 1.54) is 0 Å². The minimum absolute atomic E-state index is 0.105.